The van der Waals surface area contributed by atoms with E-state index in [4.69, 9.17) is 4.42 Å². The number of rotatable bonds is 1. The zero-order chi connectivity index (χ0) is 17.1. The average molecular weight is 333 g/mol. The van der Waals surface area contributed by atoms with Crippen molar-refractivity contribution >= 4 is 43.7 Å². The Morgan fingerprint density at radius 1 is 0.538 bits per heavy atom. The van der Waals surface area contributed by atoms with Crippen LogP contribution in [0.15, 0.2) is 95.4 Å². The van der Waals surface area contributed by atoms with E-state index in [0.717, 1.165) is 22.2 Å². The van der Waals surface area contributed by atoms with Gasteiger partial charge in [0.05, 0.1) is 16.4 Å². The lowest BCUT2D eigenvalue weighted by Gasteiger charge is -2.08. The second kappa shape index (κ2) is 4.99. The Balaban J connectivity index is 1.96. The zero-order valence-electron chi connectivity index (χ0n) is 14.0. The van der Waals surface area contributed by atoms with Crippen LogP contribution in [0.25, 0.3) is 49.4 Å². The zero-order valence-corrected chi connectivity index (χ0v) is 14.0. The maximum absolute atomic E-state index is 6.13. The normalized spacial score (nSPS) is 11.8. The molecule has 0 unspecified atom stereocenters. The molecule has 0 spiro atoms. The van der Waals surface area contributed by atoms with Gasteiger partial charge in [0.1, 0.15) is 11.2 Å². The molecule has 0 aliphatic rings. The molecule has 6 aromatic rings. The van der Waals surface area contributed by atoms with Crippen LogP contribution in [0.2, 0.25) is 0 Å². The summed E-state index contributed by atoms with van der Waals surface area (Å²) in [5, 5.41) is 4.85. The molecular formula is C24H15NO. The minimum atomic E-state index is 0.929. The summed E-state index contributed by atoms with van der Waals surface area (Å²) >= 11 is 0. The van der Waals surface area contributed by atoms with Crippen molar-refractivity contribution in [2.24, 2.45) is 0 Å². The molecule has 0 amide bonds. The average Bonchev–Trinajstić information content (AvgIpc) is 3.24. The van der Waals surface area contributed by atoms with Crippen molar-refractivity contribution in [2.45, 2.75) is 0 Å². The molecule has 0 aliphatic carbocycles. The van der Waals surface area contributed by atoms with Crippen molar-refractivity contribution in [2.75, 3.05) is 0 Å². The van der Waals surface area contributed by atoms with Crippen LogP contribution in [-0.2, 0) is 0 Å². The van der Waals surface area contributed by atoms with Gasteiger partial charge < -0.3 is 8.98 Å². The Morgan fingerprint density at radius 2 is 1.27 bits per heavy atom. The molecule has 2 heterocycles. The van der Waals surface area contributed by atoms with E-state index in [2.05, 4.69) is 83.4 Å². The third-order valence-electron chi connectivity index (χ3n) is 5.19. The molecule has 0 fully saturated rings. The van der Waals surface area contributed by atoms with Crippen LogP contribution in [0.3, 0.4) is 0 Å². The number of fused-ring (bicyclic) bond motifs is 7. The summed E-state index contributed by atoms with van der Waals surface area (Å²) in [5.41, 5.74) is 5.45. The lowest BCUT2D eigenvalue weighted by atomic mass is 10.1. The minimum Gasteiger partial charge on any atom is -0.456 e. The molecule has 2 nitrogen and oxygen atoms in total. The summed E-state index contributed by atoms with van der Waals surface area (Å²) in [7, 11) is 0. The summed E-state index contributed by atoms with van der Waals surface area (Å²) in [4.78, 5) is 0. The second-order valence-corrected chi connectivity index (χ2v) is 6.62. The first kappa shape index (κ1) is 13.7. The molecule has 0 radical (unpaired) electrons. The van der Waals surface area contributed by atoms with Crippen LogP contribution in [0.4, 0.5) is 0 Å². The van der Waals surface area contributed by atoms with Gasteiger partial charge in [-0.2, -0.15) is 0 Å². The van der Waals surface area contributed by atoms with Crippen molar-refractivity contribution in [3.05, 3.63) is 91.0 Å². The fourth-order valence-corrected chi connectivity index (χ4v) is 4.11. The SMILES string of the molecule is c1ccc(-n2c3ccccc3c3ccc4oc5ccccc5c4c32)cc1. The molecule has 0 atom stereocenters. The van der Waals surface area contributed by atoms with Gasteiger partial charge in [-0.3, -0.25) is 0 Å². The van der Waals surface area contributed by atoms with Gasteiger partial charge in [0, 0.05) is 21.8 Å². The number of para-hydroxylation sites is 3. The van der Waals surface area contributed by atoms with Gasteiger partial charge in [-0.1, -0.05) is 54.6 Å². The molecule has 0 N–H and O–H groups in total. The summed E-state index contributed by atoms with van der Waals surface area (Å²) in [6, 6.07) is 31.7. The molecule has 0 aliphatic heterocycles. The van der Waals surface area contributed by atoms with Crippen LogP contribution in [0.5, 0.6) is 0 Å². The molecule has 0 saturated heterocycles. The maximum atomic E-state index is 6.13. The topological polar surface area (TPSA) is 18.1 Å². The first-order valence-corrected chi connectivity index (χ1v) is 8.81. The highest BCUT2D eigenvalue weighted by molar-refractivity contribution is 6.24. The third-order valence-corrected chi connectivity index (χ3v) is 5.19. The smallest absolute Gasteiger partial charge is 0.137 e. The lowest BCUT2D eigenvalue weighted by Crippen LogP contribution is -1.93. The predicted molar refractivity (Wildman–Crippen MR) is 108 cm³/mol. The van der Waals surface area contributed by atoms with Crippen molar-refractivity contribution in [3.63, 3.8) is 0 Å². The van der Waals surface area contributed by atoms with E-state index in [0.29, 0.717) is 0 Å². The number of furan rings is 1. The fraction of sp³-hybridized carbons (Fsp3) is 0. The number of nitrogens with zero attached hydrogens (tertiary/aromatic N) is 1. The van der Waals surface area contributed by atoms with Crippen LogP contribution in [0.1, 0.15) is 0 Å². The van der Waals surface area contributed by atoms with Crippen LogP contribution >= 0.6 is 0 Å². The van der Waals surface area contributed by atoms with Crippen LogP contribution in [0, 0.1) is 0 Å². The van der Waals surface area contributed by atoms with Gasteiger partial charge in [0.25, 0.3) is 0 Å². The van der Waals surface area contributed by atoms with E-state index < -0.39 is 0 Å². The summed E-state index contributed by atoms with van der Waals surface area (Å²) in [6.07, 6.45) is 0. The molecule has 122 valence electrons. The molecule has 0 bridgehead atoms. The molecule has 2 aromatic heterocycles. The summed E-state index contributed by atoms with van der Waals surface area (Å²) in [5.74, 6) is 0. The second-order valence-electron chi connectivity index (χ2n) is 6.62. The number of hydrogen-bond donors (Lipinski definition) is 0. The monoisotopic (exact) mass is 333 g/mol. The van der Waals surface area contributed by atoms with Crippen molar-refractivity contribution < 1.29 is 4.42 Å². The molecule has 0 saturated carbocycles. The highest BCUT2D eigenvalue weighted by Gasteiger charge is 2.18. The Hall–Kier alpha value is -3.52. The summed E-state index contributed by atoms with van der Waals surface area (Å²) in [6.45, 7) is 0. The van der Waals surface area contributed by atoms with E-state index >= 15 is 0 Å². The van der Waals surface area contributed by atoms with Gasteiger partial charge in [-0.15, -0.1) is 0 Å². The molecule has 4 aromatic carbocycles. The van der Waals surface area contributed by atoms with E-state index in [1.807, 2.05) is 12.1 Å². The van der Waals surface area contributed by atoms with E-state index in [-0.39, 0.29) is 0 Å². The highest BCUT2D eigenvalue weighted by Crippen LogP contribution is 2.40. The van der Waals surface area contributed by atoms with E-state index in [1.54, 1.807) is 0 Å². The Labute approximate surface area is 149 Å². The van der Waals surface area contributed by atoms with Gasteiger partial charge >= 0.3 is 0 Å². The Morgan fingerprint density at radius 3 is 2.15 bits per heavy atom. The quantitative estimate of drug-likeness (QED) is 0.328. The Bertz CT molecular complexity index is 1420. The van der Waals surface area contributed by atoms with Gasteiger partial charge in [0.15, 0.2) is 0 Å². The van der Waals surface area contributed by atoms with Gasteiger partial charge in [-0.25, -0.2) is 0 Å². The Kier molecular flexibility index (Phi) is 2.64. The number of hydrogen-bond acceptors (Lipinski definition) is 1. The third kappa shape index (κ3) is 1.71. The van der Waals surface area contributed by atoms with Crippen molar-refractivity contribution in [3.8, 4) is 5.69 Å². The van der Waals surface area contributed by atoms with Gasteiger partial charge in [0.2, 0.25) is 0 Å². The van der Waals surface area contributed by atoms with E-state index in [9.17, 15) is 0 Å². The maximum Gasteiger partial charge on any atom is 0.137 e. The van der Waals surface area contributed by atoms with Crippen LogP contribution in [-0.4, -0.2) is 4.57 Å². The highest BCUT2D eigenvalue weighted by atomic mass is 16.3. The molecule has 2 heteroatoms. The largest absolute Gasteiger partial charge is 0.456 e. The lowest BCUT2D eigenvalue weighted by molar-refractivity contribution is 0.669. The van der Waals surface area contributed by atoms with Crippen molar-refractivity contribution in [1.29, 1.82) is 0 Å². The standard InChI is InChI=1S/C24H15NO/c1-2-8-16(9-3-1)25-20-12-6-4-10-17(20)18-14-15-22-23(24(18)25)19-11-5-7-13-21(19)26-22/h1-15H. The number of benzene rings is 4. The van der Waals surface area contributed by atoms with Crippen molar-refractivity contribution in [1.82, 2.24) is 4.57 Å². The van der Waals surface area contributed by atoms with Crippen LogP contribution < -0.4 is 0 Å². The fourth-order valence-electron chi connectivity index (χ4n) is 4.11. The predicted octanol–water partition coefficient (Wildman–Crippen LogP) is 6.68. The molecule has 26 heavy (non-hydrogen) atoms. The minimum absolute atomic E-state index is 0.929. The number of aromatic nitrogens is 1. The first-order chi connectivity index (χ1) is 12.9. The first-order valence-electron chi connectivity index (χ1n) is 8.81. The van der Waals surface area contributed by atoms with Gasteiger partial charge in [-0.05, 0) is 36.4 Å². The van der Waals surface area contributed by atoms with E-state index in [1.165, 1.54) is 27.2 Å². The summed E-state index contributed by atoms with van der Waals surface area (Å²) < 4.78 is 8.49. The molecule has 6 rings (SSSR count). The molecular weight excluding hydrogens is 318 g/mol.